The molecule has 0 N–H and O–H groups in total. The van der Waals surface area contributed by atoms with E-state index >= 15 is 0 Å². The van der Waals surface area contributed by atoms with Gasteiger partial charge in [-0.2, -0.15) is 0 Å². The van der Waals surface area contributed by atoms with Crippen LogP contribution in [0.15, 0.2) is 24.8 Å². The first-order valence-corrected chi connectivity index (χ1v) is 9.50. The van der Waals surface area contributed by atoms with Crippen LogP contribution in [0.4, 0.5) is 20.4 Å². The van der Waals surface area contributed by atoms with Crippen molar-refractivity contribution in [2.24, 2.45) is 0 Å². The highest BCUT2D eigenvalue weighted by Crippen LogP contribution is 2.39. The van der Waals surface area contributed by atoms with Gasteiger partial charge < -0.3 is 9.80 Å². The molecule has 0 radical (unpaired) electrons. The van der Waals surface area contributed by atoms with Crippen molar-refractivity contribution in [3.63, 3.8) is 0 Å². The molecule has 8 nitrogen and oxygen atoms in total. The normalized spacial score (nSPS) is 18.1. The second kappa shape index (κ2) is 6.92. The largest absolute Gasteiger partial charge is 0.355 e. The molecule has 3 aromatic heterocycles. The highest BCUT2D eigenvalue weighted by Gasteiger charge is 2.29. The van der Waals surface area contributed by atoms with Crippen molar-refractivity contribution < 1.29 is 8.78 Å². The summed E-state index contributed by atoms with van der Waals surface area (Å²) in [7, 11) is 0. The molecule has 0 aromatic carbocycles. The molecule has 1 saturated heterocycles. The van der Waals surface area contributed by atoms with Crippen LogP contribution in [0, 0.1) is 0 Å². The molecule has 10 heteroatoms. The van der Waals surface area contributed by atoms with Crippen LogP contribution in [0.1, 0.15) is 43.1 Å². The quantitative estimate of drug-likeness (QED) is 0.682. The van der Waals surface area contributed by atoms with Crippen molar-refractivity contribution >= 4 is 17.3 Å². The number of hydrogen-bond donors (Lipinski definition) is 0. The van der Waals surface area contributed by atoms with E-state index in [1.165, 1.54) is 6.07 Å². The summed E-state index contributed by atoms with van der Waals surface area (Å²) in [6, 6.07) is 1.43. The summed E-state index contributed by atoms with van der Waals surface area (Å²) in [6.45, 7) is 2.92. The molecular formula is C18H20F2N8. The Kier molecular flexibility index (Phi) is 4.25. The van der Waals surface area contributed by atoms with Crippen molar-refractivity contribution in [1.82, 2.24) is 29.5 Å². The van der Waals surface area contributed by atoms with Crippen molar-refractivity contribution in [3.05, 3.63) is 36.3 Å². The minimum Gasteiger partial charge on any atom is -0.355 e. The van der Waals surface area contributed by atoms with Gasteiger partial charge in [-0.25, -0.2) is 23.7 Å². The SMILES string of the molecule is FC(F)c1cc(N2CCCN(c3nccn4cnnc34)CC2)nc(C2CC2)n1. The van der Waals surface area contributed by atoms with Crippen LogP contribution in [-0.2, 0) is 0 Å². The van der Waals surface area contributed by atoms with Gasteiger partial charge >= 0.3 is 0 Å². The van der Waals surface area contributed by atoms with E-state index in [1.807, 2.05) is 10.6 Å². The van der Waals surface area contributed by atoms with Crippen molar-refractivity contribution in [3.8, 4) is 0 Å². The maximum absolute atomic E-state index is 13.3. The van der Waals surface area contributed by atoms with E-state index in [0.717, 1.165) is 38.2 Å². The first-order chi connectivity index (χ1) is 13.7. The van der Waals surface area contributed by atoms with E-state index in [2.05, 4.69) is 34.9 Å². The fourth-order valence-corrected chi connectivity index (χ4v) is 3.60. The molecule has 0 amide bonds. The molecule has 0 bridgehead atoms. The van der Waals surface area contributed by atoms with Crippen LogP contribution in [-0.4, -0.2) is 55.7 Å². The number of nitrogens with zero attached hydrogens (tertiary/aromatic N) is 8. The summed E-state index contributed by atoms with van der Waals surface area (Å²) in [4.78, 5) is 17.4. The van der Waals surface area contributed by atoms with Gasteiger partial charge in [0, 0.05) is 50.6 Å². The molecule has 0 spiro atoms. The molecule has 1 aliphatic carbocycles. The average molecular weight is 386 g/mol. The third kappa shape index (κ3) is 3.23. The van der Waals surface area contributed by atoms with Crippen molar-refractivity contribution in [2.45, 2.75) is 31.6 Å². The van der Waals surface area contributed by atoms with Crippen LogP contribution in [0.3, 0.4) is 0 Å². The van der Waals surface area contributed by atoms with E-state index < -0.39 is 6.43 Å². The van der Waals surface area contributed by atoms with E-state index in [0.29, 0.717) is 30.4 Å². The van der Waals surface area contributed by atoms with Gasteiger partial charge in [0.25, 0.3) is 6.43 Å². The summed E-state index contributed by atoms with van der Waals surface area (Å²) >= 11 is 0. The van der Waals surface area contributed by atoms with Crippen molar-refractivity contribution in [2.75, 3.05) is 36.0 Å². The molecule has 2 aliphatic rings. The maximum atomic E-state index is 13.3. The fraction of sp³-hybridized carbons (Fsp3) is 0.500. The molecule has 0 unspecified atom stereocenters. The van der Waals surface area contributed by atoms with Crippen LogP contribution in [0.25, 0.3) is 5.65 Å². The lowest BCUT2D eigenvalue weighted by atomic mass is 10.3. The Labute approximate surface area is 160 Å². The van der Waals surface area contributed by atoms with Gasteiger partial charge in [-0.15, -0.1) is 10.2 Å². The predicted octanol–water partition coefficient (Wildman–Crippen LogP) is 2.45. The van der Waals surface area contributed by atoms with Gasteiger partial charge in [0.05, 0.1) is 0 Å². The van der Waals surface area contributed by atoms with Gasteiger partial charge in [-0.05, 0) is 19.3 Å². The maximum Gasteiger partial charge on any atom is 0.280 e. The Morgan fingerprint density at radius 2 is 1.86 bits per heavy atom. The number of anilines is 2. The van der Waals surface area contributed by atoms with Gasteiger partial charge in [-0.3, -0.25) is 4.40 Å². The van der Waals surface area contributed by atoms with Crippen molar-refractivity contribution in [1.29, 1.82) is 0 Å². The lowest BCUT2D eigenvalue weighted by molar-refractivity contribution is 0.145. The predicted molar refractivity (Wildman–Crippen MR) is 98.8 cm³/mol. The van der Waals surface area contributed by atoms with E-state index in [9.17, 15) is 8.78 Å². The molecule has 0 atom stereocenters. The topological polar surface area (TPSA) is 75.3 Å². The zero-order valence-corrected chi connectivity index (χ0v) is 15.2. The molecule has 2 fully saturated rings. The zero-order valence-electron chi connectivity index (χ0n) is 15.2. The minimum atomic E-state index is -2.59. The Morgan fingerprint density at radius 3 is 2.68 bits per heavy atom. The summed E-state index contributed by atoms with van der Waals surface area (Å²) in [5.41, 5.74) is 0.539. The lowest BCUT2D eigenvalue weighted by Gasteiger charge is -2.24. The highest BCUT2D eigenvalue weighted by molar-refractivity contribution is 5.63. The number of rotatable bonds is 4. The smallest absolute Gasteiger partial charge is 0.280 e. The molecule has 28 heavy (non-hydrogen) atoms. The third-order valence-corrected chi connectivity index (χ3v) is 5.23. The molecule has 1 aliphatic heterocycles. The fourth-order valence-electron chi connectivity index (χ4n) is 3.60. The van der Waals surface area contributed by atoms with Crippen LogP contribution >= 0.6 is 0 Å². The molecule has 146 valence electrons. The Morgan fingerprint density at radius 1 is 1.04 bits per heavy atom. The summed E-state index contributed by atoms with van der Waals surface area (Å²) in [5, 5.41) is 8.11. The van der Waals surface area contributed by atoms with Gasteiger partial charge in [-0.1, -0.05) is 0 Å². The highest BCUT2D eigenvalue weighted by atomic mass is 19.3. The molecule has 4 heterocycles. The molecule has 3 aromatic rings. The first kappa shape index (κ1) is 17.2. The summed E-state index contributed by atoms with van der Waals surface area (Å²) in [6.07, 6.45) is 5.44. The minimum absolute atomic E-state index is 0.178. The van der Waals surface area contributed by atoms with Gasteiger partial charge in [0.1, 0.15) is 23.7 Å². The third-order valence-electron chi connectivity index (χ3n) is 5.23. The molecule has 1 saturated carbocycles. The first-order valence-electron chi connectivity index (χ1n) is 9.50. The Bertz CT molecular complexity index is 966. The lowest BCUT2D eigenvalue weighted by Crippen LogP contribution is -2.32. The Hall–Kier alpha value is -2.91. The number of alkyl halides is 2. The van der Waals surface area contributed by atoms with Crippen LogP contribution < -0.4 is 9.80 Å². The van der Waals surface area contributed by atoms with Crippen LogP contribution in [0.2, 0.25) is 0 Å². The number of halogens is 2. The zero-order chi connectivity index (χ0) is 19.1. The standard InChI is InChI=1S/C18H20F2N8/c19-15(20)13-10-14(24-16(23-13)12-2-3-12)26-5-1-6-27(9-8-26)17-18-25-22-11-28(18)7-4-21-17/h4,7,10-12,15H,1-3,5-6,8-9H2. The Balaban J connectivity index is 1.39. The second-order valence-corrected chi connectivity index (χ2v) is 7.22. The van der Waals surface area contributed by atoms with E-state index in [1.54, 1.807) is 12.5 Å². The van der Waals surface area contributed by atoms with Gasteiger partial charge in [0.15, 0.2) is 5.82 Å². The number of hydrogen-bond acceptors (Lipinski definition) is 7. The van der Waals surface area contributed by atoms with E-state index in [4.69, 9.17) is 0 Å². The molecule has 5 rings (SSSR count). The number of aromatic nitrogens is 6. The van der Waals surface area contributed by atoms with E-state index in [-0.39, 0.29) is 11.6 Å². The molecular weight excluding hydrogens is 366 g/mol. The monoisotopic (exact) mass is 386 g/mol. The number of fused-ring (bicyclic) bond motifs is 1. The van der Waals surface area contributed by atoms with Crippen LogP contribution in [0.5, 0.6) is 0 Å². The average Bonchev–Trinajstić information content (AvgIpc) is 3.49. The summed E-state index contributed by atoms with van der Waals surface area (Å²) in [5.74, 6) is 2.18. The second-order valence-electron chi connectivity index (χ2n) is 7.22. The summed E-state index contributed by atoms with van der Waals surface area (Å²) < 4.78 is 28.5. The van der Waals surface area contributed by atoms with Gasteiger partial charge in [0.2, 0.25) is 5.65 Å².